The van der Waals surface area contributed by atoms with Gasteiger partial charge in [0.1, 0.15) is 33.7 Å². The number of piperazine rings is 1. The van der Waals surface area contributed by atoms with Crippen LogP contribution in [0, 0.1) is 0 Å². The summed E-state index contributed by atoms with van der Waals surface area (Å²) in [5.74, 6) is 0.358. The van der Waals surface area contributed by atoms with Crippen LogP contribution in [0.5, 0.6) is 23.0 Å². The fourth-order valence-electron chi connectivity index (χ4n) is 6.02. The molecule has 2 amide bonds. The maximum Gasteiger partial charge on any atom is 0.411 e. The minimum Gasteiger partial charge on any atom is -0.497 e. The summed E-state index contributed by atoms with van der Waals surface area (Å²) in [6.07, 6.45) is 0.836. The van der Waals surface area contributed by atoms with E-state index in [0.29, 0.717) is 28.9 Å². The van der Waals surface area contributed by atoms with Crippen LogP contribution < -0.4 is 28.2 Å². The van der Waals surface area contributed by atoms with Gasteiger partial charge in [0.15, 0.2) is 0 Å². The zero-order valence-corrected chi connectivity index (χ0v) is 28.7. The lowest BCUT2D eigenvalue weighted by molar-refractivity contribution is -0.132. The number of fused-ring (bicyclic) bond motifs is 1. The van der Waals surface area contributed by atoms with Crippen LogP contribution in [0.4, 0.5) is 16.3 Å². The van der Waals surface area contributed by atoms with Gasteiger partial charge < -0.3 is 33.5 Å². The smallest absolute Gasteiger partial charge is 0.411 e. The number of ether oxygens (including phenoxy) is 5. The molecule has 1 aromatic heterocycles. The maximum atomic E-state index is 15.1. The van der Waals surface area contributed by atoms with Crippen LogP contribution in [0.15, 0.2) is 83.9 Å². The van der Waals surface area contributed by atoms with Gasteiger partial charge in [-0.2, -0.15) is 4.31 Å². The number of carbonyl (C=O) groups excluding carboxylic acids is 2. The van der Waals surface area contributed by atoms with Crippen molar-refractivity contribution in [2.75, 3.05) is 63.8 Å². The molecule has 49 heavy (non-hydrogen) atoms. The predicted octanol–water partition coefficient (Wildman–Crippen LogP) is 4.71. The molecule has 1 fully saturated rings. The molecule has 6 rings (SSSR count). The molecule has 0 radical (unpaired) electrons. The normalized spacial score (nSPS) is 17.4. The monoisotopic (exact) mass is 708 g/mol. The first-order valence-electron chi connectivity index (χ1n) is 15.1. The number of anilines is 2. The highest BCUT2D eigenvalue weighted by Gasteiger charge is 2.61. The molecule has 0 bridgehead atoms. The molecule has 1 saturated heterocycles. The number of hydrogen-bond acceptors (Lipinski definition) is 11. The third kappa shape index (κ3) is 5.80. The molecule has 1 unspecified atom stereocenters. The molecule has 0 N–H and O–H groups in total. The van der Waals surface area contributed by atoms with Crippen LogP contribution >= 0.6 is 11.6 Å². The van der Waals surface area contributed by atoms with E-state index in [1.807, 2.05) is 23.1 Å². The van der Waals surface area contributed by atoms with Gasteiger partial charge in [0.2, 0.25) is 5.60 Å². The van der Waals surface area contributed by atoms with E-state index >= 15 is 4.79 Å². The van der Waals surface area contributed by atoms with Crippen molar-refractivity contribution in [2.24, 2.45) is 0 Å². The Morgan fingerprint density at radius 3 is 2.14 bits per heavy atom. The zero-order chi connectivity index (χ0) is 34.9. The number of amides is 2. The topological polar surface area (TPSA) is 137 Å². The summed E-state index contributed by atoms with van der Waals surface area (Å²) in [6, 6.07) is 18.5. The van der Waals surface area contributed by atoms with Crippen molar-refractivity contribution in [3.63, 3.8) is 0 Å². The molecule has 2 aliphatic heterocycles. The van der Waals surface area contributed by atoms with Crippen LogP contribution in [0.2, 0.25) is 5.02 Å². The van der Waals surface area contributed by atoms with E-state index in [1.54, 1.807) is 12.3 Å². The number of sulfonamides is 1. The Balaban J connectivity index is 1.50. The van der Waals surface area contributed by atoms with Gasteiger partial charge >= 0.3 is 6.09 Å². The Morgan fingerprint density at radius 1 is 0.796 bits per heavy atom. The second-order valence-corrected chi connectivity index (χ2v) is 13.2. The average Bonchev–Trinajstić information content (AvgIpc) is 3.38. The van der Waals surface area contributed by atoms with Crippen LogP contribution in [0.3, 0.4) is 0 Å². The fourth-order valence-corrected chi connectivity index (χ4v) is 7.79. The van der Waals surface area contributed by atoms with E-state index in [2.05, 4.69) is 4.98 Å². The SMILES string of the molecule is COc1ccc(S(=O)(=O)N2C(=O)C(OC(=O)N3CCN(c4ccccn4)CC3)(c3cc(OC)ccc3OC)c3cc(Cl)ccc32)c(OC)c1. The van der Waals surface area contributed by atoms with Crippen LogP contribution in [-0.2, 0) is 25.2 Å². The number of nitrogens with zero attached hydrogens (tertiary/aromatic N) is 4. The summed E-state index contributed by atoms with van der Waals surface area (Å²) in [6.45, 7) is 1.36. The lowest BCUT2D eigenvalue weighted by Crippen LogP contribution is -2.53. The summed E-state index contributed by atoms with van der Waals surface area (Å²) in [5.41, 5.74) is -2.43. The molecule has 0 saturated carbocycles. The molecule has 0 spiro atoms. The molecule has 2 aliphatic rings. The fraction of sp³-hybridized carbons (Fsp3) is 0.265. The Bertz CT molecular complexity index is 2010. The molecule has 256 valence electrons. The van der Waals surface area contributed by atoms with Gasteiger partial charge in [-0.25, -0.2) is 18.2 Å². The number of pyridine rings is 1. The van der Waals surface area contributed by atoms with Crippen LogP contribution in [0.25, 0.3) is 0 Å². The van der Waals surface area contributed by atoms with Gasteiger partial charge in [0.25, 0.3) is 15.9 Å². The third-order valence-electron chi connectivity index (χ3n) is 8.47. The first-order valence-corrected chi connectivity index (χ1v) is 16.9. The second kappa shape index (κ2) is 13.4. The van der Waals surface area contributed by atoms with Crippen molar-refractivity contribution in [3.05, 3.63) is 95.1 Å². The van der Waals surface area contributed by atoms with Gasteiger partial charge in [-0.1, -0.05) is 17.7 Å². The van der Waals surface area contributed by atoms with Gasteiger partial charge in [-0.3, -0.25) is 4.79 Å². The number of halogens is 1. The van der Waals surface area contributed by atoms with E-state index in [1.165, 1.54) is 81.9 Å². The largest absolute Gasteiger partial charge is 0.497 e. The van der Waals surface area contributed by atoms with E-state index < -0.39 is 27.6 Å². The van der Waals surface area contributed by atoms with Gasteiger partial charge in [0, 0.05) is 49.0 Å². The van der Waals surface area contributed by atoms with E-state index in [0.717, 1.165) is 5.82 Å². The third-order valence-corrected chi connectivity index (χ3v) is 10.4. The minimum atomic E-state index is -4.73. The quantitative estimate of drug-likeness (QED) is 0.239. The summed E-state index contributed by atoms with van der Waals surface area (Å²) in [5, 5.41) is 0.166. The lowest BCUT2D eigenvalue weighted by Gasteiger charge is -2.37. The molecule has 3 aromatic carbocycles. The highest BCUT2D eigenvalue weighted by molar-refractivity contribution is 7.93. The summed E-state index contributed by atoms with van der Waals surface area (Å²) < 4.78 is 57.8. The molecule has 4 aromatic rings. The average molecular weight is 709 g/mol. The maximum absolute atomic E-state index is 15.1. The Labute approximate surface area is 288 Å². The van der Waals surface area contributed by atoms with Crippen LogP contribution in [-0.4, -0.2) is 84.9 Å². The lowest BCUT2D eigenvalue weighted by atomic mass is 9.86. The number of aromatic nitrogens is 1. The Hall–Kier alpha value is -5.21. The number of hydrogen-bond donors (Lipinski definition) is 0. The van der Waals surface area contributed by atoms with E-state index in [9.17, 15) is 13.2 Å². The molecule has 15 heteroatoms. The number of methoxy groups -OCH3 is 4. The van der Waals surface area contributed by atoms with E-state index in [-0.39, 0.29) is 51.3 Å². The highest BCUT2D eigenvalue weighted by atomic mass is 35.5. The minimum absolute atomic E-state index is 0.00748. The van der Waals surface area contributed by atoms with Crippen molar-refractivity contribution >= 4 is 45.1 Å². The summed E-state index contributed by atoms with van der Waals surface area (Å²) >= 11 is 6.51. The van der Waals surface area contributed by atoms with Crippen molar-refractivity contribution in [1.29, 1.82) is 0 Å². The number of benzene rings is 3. The molecular formula is C34H33ClN4O9S. The number of rotatable bonds is 9. The molecular weight excluding hydrogens is 676 g/mol. The Morgan fingerprint density at radius 2 is 1.49 bits per heavy atom. The zero-order valence-electron chi connectivity index (χ0n) is 27.1. The van der Waals surface area contributed by atoms with Crippen LogP contribution in [0.1, 0.15) is 11.1 Å². The predicted molar refractivity (Wildman–Crippen MR) is 180 cm³/mol. The molecule has 3 heterocycles. The summed E-state index contributed by atoms with van der Waals surface area (Å²) in [4.78, 5) is 36.8. The second-order valence-electron chi connectivity index (χ2n) is 11.0. The molecule has 0 aliphatic carbocycles. The Kier molecular flexibility index (Phi) is 9.18. The van der Waals surface area contributed by atoms with Crippen molar-refractivity contribution in [1.82, 2.24) is 9.88 Å². The highest BCUT2D eigenvalue weighted by Crippen LogP contribution is 2.53. The van der Waals surface area contributed by atoms with E-state index in [4.69, 9.17) is 35.3 Å². The number of carbonyl (C=O) groups is 2. The first kappa shape index (κ1) is 33.7. The first-order chi connectivity index (χ1) is 23.6. The molecule has 1 atom stereocenters. The van der Waals surface area contributed by atoms with Gasteiger partial charge in [-0.05, 0) is 60.7 Å². The van der Waals surface area contributed by atoms with Gasteiger partial charge in [0.05, 0.1) is 39.7 Å². The van der Waals surface area contributed by atoms with Gasteiger partial charge in [-0.15, -0.1) is 0 Å². The van der Waals surface area contributed by atoms with Crippen molar-refractivity contribution in [3.8, 4) is 23.0 Å². The van der Waals surface area contributed by atoms with Crippen molar-refractivity contribution < 1.29 is 41.7 Å². The standard InChI is InChI=1S/C34H33ClN4O9S/c1-44-23-9-12-28(46-3)26(20-23)34(48-33(41)38-17-15-37(16-18-38)31-7-5-6-14-36-31)25-19-22(35)8-11-27(25)39(32(34)40)49(42,43)30-13-10-24(45-2)21-29(30)47-4/h5-14,19-21H,15-18H2,1-4H3. The van der Waals surface area contributed by atoms with Crippen molar-refractivity contribution in [2.45, 2.75) is 10.5 Å². The summed E-state index contributed by atoms with van der Waals surface area (Å²) in [7, 11) is 0.812. The molecule has 13 nitrogen and oxygen atoms in total.